The lowest BCUT2D eigenvalue weighted by Crippen LogP contribution is -2.25. The largest absolute Gasteiger partial charge is 0.358 e. The third-order valence-corrected chi connectivity index (χ3v) is 5.75. The molecule has 0 radical (unpaired) electrons. The number of hydrogen-bond acceptors (Lipinski definition) is 1. The highest BCUT2D eigenvalue weighted by Crippen LogP contribution is 2.26. The summed E-state index contributed by atoms with van der Waals surface area (Å²) < 4.78 is 1.13. The average Bonchev–Trinajstić information content (AvgIpc) is 3.02. The van der Waals surface area contributed by atoms with Crippen molar-refractivity contribution in [3.8, 4) is 0 Å². The van der Waals surface area contributed by atoms with Crippen LogP contribution in [-0.2, 0) is 19.5 Å². The van der Waals surface area contributed by atoms with E-state index in [1.165, 1.54) is 33.3 Å². The molecular formula is C25H26BrClN2. The Morgan fingerprint density at radius 1 is 0.828 bits per heavy atom. The van der Waals surface area contributed by atoms with Crippen molar-refractivity contribution in [2.45, 2.75) is 26.4 Å². The lowest BCUT2D eigenvalue weighted by molar-refractivity contribution is 0.260. The van der Waals surface area contributed by atoms with E-state index in [4.69, 9.17) is 0 Å². The molecule has 1 N–H and O–H groups in total. The predicted molar refractivity (Wildman–Crippen MR) is 129 cm³/mol. The van der Waals surface area contributed by atoms with Gasteiger partial charge in [0.15, 0.2) is 0 Å². The van der Waals surface area contributed by atoms with Crippen LogP contribution < -0.4 is 0 Å². The number of aromatic nitrogens is 1. The summed E-state index contributed by atoms with van der Waals surface area (Å²) in [5.74, 6) is 0. The molecule has 4 rings (SSSR count). The smallest absolute Gasteiger partial charge is 0.0459 e. The van der Waals surface area contributed by atoms with Crippen LogP contribution in [-0.4, -0.2) is 16.4 Å². The first-order valence-electron chi connectivity index (χ1n) is 9.76. The SMILES string of the molecule is Cc1[nH]c2ccc(Br)cc2c1CCN(Cc1ccccc1)Cc1ccccc1.Cl. The summed E-state index contributed by atoms with van der Waals surface area (Å²) in [4.78, 5) is 6.08. The highest BCUT2D eigenvalue weighted by Gasteiger charge is 2.12. The van der Waals surface area contributed by atoms with Gasteiger partial charge in [-0.2, -0.15) is 0 Å². The first-order valence-corrected chi connectivity index (χ1v) is 10.6. The maximum absolute atomic E-state index is 3.62. The van der Waals surface area contributed by atoms with E-state index in [-0.39, 0.29) is 12.4 Å². The summed E-state index contributed by atoms with van der Waals surface area (Å²) in [7, 11) is 0. The second-order valence-electron chi connectivity index (χ2n) is 7.35. The van der Waals surface area contributed by atoms with Crippen molar-refractivity contribution >= 4 is 39.2 Å². The van der Waals surface area contributed by atoms with E-state index >= 15 is 0 Å². The third-order valence-electron chi connectivity index (χ3n) is 5.26. The predicted octanol–water partition coefficient (Wildman–Crippen LogP) is 6.91. The lowest BCUT2D eigenvalue weighted by atomic mass is 10.1. The number of halogens is 2. The molecule has 0 aliphatic rings. The summed E-state index contributed by atoms with van der Waals surface area (Å²) in [6, 6.07) is 28.0. The van der Waals surface area contributed by atoms with Crippen molar-refractivity contribution in [1.82, 2.24) is 9.88 Å². The van der Waals surface area contributed by atoms with Crippen LogP contribution in [0.25, 0.3) is 10.9 Å². The quantitative estimate of drug-likeness (QED) is 0.312. The summed E-state index contributed by atoms with van der Waals surface area (Å²) in [5, 5.41) is 1.33. The van der Waals surface area contributed by atoms with Gasteiger partial charge in [-0.15, -0.1) is 12.4 Å². The van der Waals surface area contributed by atoms with Crippen LogP contribution in [0.2, 0.25) is 0 Å². The van der Waals surface area contributed by atoms with Crippen molar-refractivity contribution in [1.29, 1.82) is 0 Å². The molecule has 0 spiro atoms. The average molecular weight is 470 g/mol. The van der Waals surface area contributed by atoms with E-state index in [2.05, 4.69) is 112 Å². The van der Waals surface area contributed by atoms with E-state index < -0.39 is 0 Å². The van der Waals surface area contributed by atoms with Crippen molar-refractivity contribution in [3.63, 3.8) is 0 Å². The molecule has 2 nitrogen and oxygen atoms in total. The van der Waals surface area contributed by atoms with Gasteiger partial charge in [-0.3, -0.25) is 4.90 Å². The molecule has 0 saturated carbocycles. The standard InChI is InChI=1S/C25H25BrN2.ClH/c1-19-23(24-16-22(26)12-13-25(24)27-19)14-15-28(17-20-8-4-2-5-9-20)18-21-10-6-3-7-11-21;/h2-13,16,27H,14-15,17-18H2,1H3;1H. The summed E-state index contributed by atoms with van der Waals surface area (Å²) >= 11 is 3.62. The van der Waals surface area contributed by atoms with Crippen LogP contribution >= 0.6 is 28.3 Å². The monoisotopic (exact) mass is 468 g/mol. The highest BCUT2D eigenvalue weighted by atomic mass is 79.9. The summed E-state index contributed by atoms with van der Waals surface area (Å²) in [5.41, 5.74) is 6.62. The Hall–Kier alpha value is -2.07. The lowest BCUT2D eigenvalue weighted by Gasteiger charge is -2.23. The van der Waals surface area contributed by atoms with Gasteiger partial charge in [0.2, 0.25) is 0 Å². The normalized spacial score (nSPS) is 11.0. The number of aromatic amines is 1. The highest BCUT2D eigenvalue weighted by molar-refractivity contribution is 9.10. The second-order valence-corrected chi connectivity index (χ2v) is 8.27. The van der Waals surface area contributed by atoms with E-state index in [9.17, 15) is 0 Å². The minimum absolute atomic E-state index is 0. The van der Waals surface area contributed by atoms with Gasteiger partial charge in [0.1, 0.15) is 0 Å². The number of aryl methyl sites for hydroxylation is 1. The topological polar surface area (TPSA) is 19.0 Å². The Balaban J connectivity index is 0.00000240. The second kappa shape index (κ2) is 10.1. The van der Waals surface area contributed by atoms with Crippen molar-refractivity contribution in [2.24, 2.45) is 0 Å². The molecule has 4 heteroatoms. The van der Waals surface area contributed by atoms with Crippen LogP contribution in [0.4, 0.5) is 0 Å². The first kappa shape index (κ1) is 21.6. The fourth-order valence-corrected chi connectivity index (χ4v) is 4.21. The van der Waals surface area contributed by atoms with Gasteiger partial charge in [0.25, 0.3) is 0 Å². The maximum atomic E-state index is 3.62. The molecule has 1 aromatic heterocycles. The van der Waals surface area contributed by atoms with Crippen LogP contribution in [0.1, 0.15) is 22.4 Å². The molecule has 0 aliphatic heterocycles. The fraction of sp³-hybridized carbons (Fsp3) is 0.200. The van der Waals surface area contributed by atoms with Crippen LogP contribution in [0, 0.1) is 6.92 Å². The van der Waals surface area contributed by atoms with E-state index in [1.54, 1.807) is 0 Å². The molecule has 0 saturated heterocycles. The number of rotatable bonds is 7. The zero-order valence-electron chi connectivity index (χ0n) is 16.6. The van der Waals surface area contributed by atoms with E-state index in [0.717, 1.165) is 30.5 Å². The molecule has 29 heavy (non-hydrogen) atoms. The summed E-state index contributed by atoms with van der Waals surface area (Å²) in [6.07, 6.45) is 1.03. The van der Waals surface area contributed by atoms with Crippen LogP contribution in [0.5, 0.6) is 0 Å². The molecule has 0 fully saturated rings. The van der Waals surface area contributed by atoms with Crippen molar-refractivity contribution in [3.05, 3.63) is 106 Å². The molecule has 0 unspecified atom stereocenters. The molecule has 0 atom stereocenters. The Morgan fingerprint density at radius 3 is 2.00 bits per heavy atom. The van der Waals surface area contributed by atoms with Gasteiger partial charge in [-0.25, -0.2) is 0 Å². The van der Waals surface area contributed by atoms with Crippen LogP contribution in [0.3, 0.4) is 0 Å². The molecule has 1 heterocycles. The minimum Gasteiger partial charge on any atom is -0.358 e. The Morgan fingerprint density at radius 2 is 1.41 bits per heavy atom. The van der Waals surface area contributed by atoms with Gasteiger partial charge in [-0.1, -0.05) is 76.6 Å². The van der Waals surface area contributed by atoms with Gasteiger partial charge < -0.3 is 4.98 Å². The minimum atomic E-state index is 0. The molecule has 150 valence electrons. The van der Waals surface area contributed by atoms with Gasteiger partial charge in [-0.05, 0) is 48.2 Å². The molecule has 0 bridgehead atoms. The maximum Gasteiger partial charge on any atom is 0.0459 e. The van der Waals surface area contributed by atoms with Crippen LogP contribution in [0.15, 0.2) is 83.3 Å². The molecule has 0 aliphatic carbocycles. The fourth-order valence-electron chi connectivity index (χ4n) is 3.84. The van der Waals surface area contributed by atoms with E-state index in [1.807, 2.05) is 0 Å². The number of hydrogen-bond donors (Lipinski definition) is 1. The molecular weight excluding hydrogens is 444 g/mol. The number of nitrogens with zero attached hydrogens (tertiary/aromatic N) is 1. The van der Waals surface area contributed by atoms with Gasteiger partial charge >= 0.3 is 0 Å². The molecule has 3 aromatic carbocycles. The molecule has 0 amide bonds. The Bertz CT molecular complexity index is 1000. The Kier molecular flexibility index (Phi) is 7.54. The number of benzene rings is 3. The van der Waals surface area contributed by atoms with Gasteiger partial charge in [0.05, 0.1) is 0 Å². The summed E-state index contributed by atoms with van der Waals surface area (Å²) in [6.45, 7) is 5.12. The number of fused-ring (bicyclic) bond motifs is 1. The first-order chi connectivity index (χ1) is 13.7. The number of H-pyrrole nitrogens is 1. The van der Waals surface area contributed by atoms with Crippen molar-refractivity contribution in [2.75, 3.05) is 6.54 Å². The zero-order chi connectivity index (χ0) is 19.3. The van der Waals surface area contributed by atoms with E-state index in [0.29, 0.717) is 0 Å². The number of nitrogens with one attached hydrogen (secondary N) is 1. The van der Waals surface area contributed by atoms with Gasteiger partial charge in [0, 0.05) is 40.7 Å². The molecule has 4 aromatic rings. The van der Waals surface area contributed by atoms with Crippen molar-refractivity contribution < 1.29 is 0 Å². The Labute approximate surface area is 187 Å². The zero-order valence-corrected chi connectivity index (χ0v) is 19.0. The third kappa shape index (κ3) is 5.51.